The summed E-state index contributed by atoms with van der Waals surface area (Å²) in [5.74, 6) is 0.613. The van der Waals surface area contributed by atoms with Crippen LogP contribution in [0.4, 0.5) is 5.82 Å². The van der Waals surface area contributed by atoms with Gasteiger partial charge in [-0.1, -0.05) is 89.3 Å². The number of amides is 1. The molecule has 0 fully saturated rings. The number of nitrogens with two attached hydrogens (primary N) is 1. The van der Waals surface area contributed by atoms with Gasteiger partial charge in [0.25, 0.3) is 0 Å². The van der Waals surface area contributed by atoms with Gasteiger partial charge in [-0.3, -0.25) is 4.79 Å². The van der Waals surface area contributed by atoms with Crippen LogP contribution in [0, 0.1) is 0 Å². The summed E-state index contributed by atoms with van der Waals surface area (Å²) in [7, 11) is 0. The van der Waals surface area contributed by atoms with Gasteiger partial charge < -0.3 is 20.4 Å². The topological polar surface area (TPSA) is 95.1 Å². The number of benzene rings is 1. The summed E-state index contributed by atoms with van der Waals surface area (Å²) in [6.45, 7) is 6.20. The van der Waals surface area contributed by atoms with Crippen molar-refractivity contribution in [3.05, 3.63) is 30.6 Å². The average Bonchev–Trinajstić information content (AvgIpc) is 3.37. The lowest BCUT2D eigenvalue weighted by Crippen LogP contribution is -2.25. The van der Waals surface area contributed by atoms with Crippen LogP contribution in [0.5, 0.6) is 0 Å². The van der Waals surface area contributed by atoms with Crippen LogP contribution in [0.2, 0.25) is 0 Å². The fourth-order valence-electron chi connectivity index (χ4n) is 5.21. The van der Waals surface area contributed by atoms with Crippen LogP contribution in [0.15, 0.2) is 30.6 Å². The minimum atomic E-state index is 0.105. The lowest BCUT2D eigenvalue weighted by molar-refractivity contribution is -0.121. The molecule has 0 saturated carbocycles. The first-order valence-electron chi connectivity index (χ1n) is 15.0. The molecule has 0 unspecified atom stereocenters. The van der Waals surface area contributed by atoms with E-state index >= 15 is 0 Å². The van der Waals surface area contributed by atoms with Gasteiger partial charge in [0.2, 0.25) is 5.91 Å². The van der Waals surface area contributed by atoms with Crippen molar-refractivity contribution in [1.82, 2.24) is 19.9 Å². The third kappa shape index (κ3) is 9.26. The van der Waals surface area contributed by atoms with Gasteiger partial charge >= 0.3 is 0 Å². The molecule has 7 heteroatoms. The van der Waals surface area contributed by atoms with Gasteiger partial charge in [-0.05, 0) is 32.3 Å². The molecule has 2 heterocycles. The first-order chi connectivity index (χ1) is 18.7. The number of ether oxygens (including phenoxy) is 1. The molecule has 2 aromatic heterocycles. The molecule has 3 N–H and O–H groups in total. The number of nitrogens with one attached hydrogen (secondary N) is 1. The summed E-state index contributed by atoms with van der Waals surface area (Å²) < 4.78 is 8.01. The molecule has 0 aliphatic heterocycles. The average molecular weight is 524 g/mol. The molecule has 210 valence electrons. The van der Waals surface area contributed by atoms with Crippen LogP contribution < -0.4 is 11.1 Å². The zero-order chi connectivity index (χ0) is 27.0. The van der Waals surface area contributed by atoms with E-state index in [0.29, 0.717) is 32.0 Å². The van der Waals surface area contributed by atoms with Gasteiger partial charge in [0.15, 0.2) is 5.82 Å². The highest BCUT2D eigenvalue weighted by molar-refractivity contribution is 6.06. The lowest BCUT2D eigenvalue weighted by Gasteiger charge is -2.20. The SMILES string of the molecule is CCCCCCCCCCCCCC(=O)NCCC[C@@H](COCC)n1cnc2c(N)nc3ccccc3c21. The Balaban J connectivity index is 1.39. The van der Waals surface area contributed by atoms with Crippen LogP contribution in [-0.2, 0) is 9.53 Å². The van der Waals surface area contributed by atoms with Crippen molar-refractivity contribution < 1.29 is 9.53 Å². The van der Waals surface area contributed by atoms with Crippen molar-refractivity contribution in [3.8, 4) is 0 Å². The van der Waals surface area contributed by atoms with Crippen molar-refractivity contribution in [1.29, 1.82) is 0 Å². The smallest absolute Gasteiger partial charge is 0.219 e. The summed E-state index contributed by atoms with van der Waals surface area (Å²) >= 11 is 0. The Bertz CT molecular complexity index is 1100. The number of carbonyl (C=O) groups is 1. The molecule has 1 aromatic carbocycles. The normalized spacial score (nSPS) is 12.4. The van der Waals surface area contributed by atoms with E-state index in [1.165, 1.54) is 57.8 Å². The molecular formula is C31H49N5O2. The van der Waals surface area contributed by atoms with E-state index in [4.69, 9.17) is 10.5 Å². The van der Waals surface area contributed by atoms with Gasteiger partial charge in [-0.25, -0.2) is 9.97 Å². The molecule has 0 aliphatic carbocycles. The number of unbranched alkanes of at least 4 members (excludes halogenated alkanes) is 10. The second-order valence-corrected chi connectivity index (χ2v) is 10.5. The third-order valence-corrected chi connectivity index (χ3v) is 7.39. The van der Waals surface area contributed by atoms with Crippen LogP contribution in [0.1, 0.15) is 110 Å². The Morgan fingerprint density at radius 3 is 2.37 bits per heavy atom. The Hall–Kier alpha value is -2.67. The highest BCUT2D eigenvalue weighted by Crippen LogP contribution is 2.30. The van der Waals surface area contributed by atoms with Crippen LogP contribution in [-0.4, -0.2) is 40.2 Å². The highest BCUT2D eigenvalue weighted by Gasteiger charge is 2.18. The molecule has 1 amide bonds. The zero-order valence-corrected chi connectivity index (χ0v) is 23.7. The number of nitrogens with zero attached hydrogens (tertiary/aromatic N) is 3. The van der Waals surface area contributed by atoms with Gasteiger partial charge in [0, 0.05) is 25.0 Å². The predicted octanol–water partition coefficient (Wildman–Crippen LogP) is 7.34. The van der Waals surface area contributed by atoms with E-state index < -0.39 is 0 Å². The van der Waals surface area contributed by atoms with E-state index in [-0.39, 0.29) is 11.9 Å². The number of hydrogen-bond donors (Lipinski definition) is 2. The quantitative estimate of drug-likeness (QED) is 0.151. The Labute approximate surface area is 228 Å². The molecule has 0 bridgehead atoms. The number of nitrogen functional groups attached to an aromatic ring is 1. The van der Waals surface area contributed by atoms with E-state index in [0.717, 1.165) is 47.6 Å². The van der Waals surface area contributed by atoms with E-state index in [9.17, 15) is 4.79 Å². The van der Waals surface area contributed by atoms with E-state index in [1.54, 1.807) is 0 Å². The second-order valence-electron chi connectivity index (χ2n) is 10.5. The Morgan fingerprint density at radius 1 is 0.974 bits per heavy atom. The van der Waals surface area contributed by atoms with Crippen molar-refractivity contribution >= 4 is 33.7 Å². The van der Waals surface area contributed by atoms with Gasteiger partial charge in [0.05, 0.1) is 30.0 Å². The van der Waals surface area contributed by atoms with Crippen LogP contribution in [0.3, 0.4) is 0 Å². The number of carbonyl (C=O) groups excluding carboxylic acids is 1. The summed E-state index contributed by atoms with van der Waals surface area (Å²) in [6.07, 6.45) is 18.5. The first-order valence-corrected chi connectivity index (χ1v) is 15.0. The minimum Gasteiger partial charge on any atom is -0.382 e. The largest absolute Gasteiger partial charge is 0.382 e. The standard InChI is InChI=1S/C31H49N5O2/c1-3-5-6-7-8-9-10-11-12-13-14-21-28(37)33-22-17-18-25(23-38-4-2)36-24-34-29-30(36)26-19-15-16-20-27(26)35-31(29)32/h15-16,19-20,24-25H,3-14,17-18,21-23H2,1-2H3,(H2,32,35)(H,33,37)/t25-/m0/s1. The predicted molar refractivity (Wildman–Crippen MR) is 158 cm³/mol. The van der Waals surface area contributed by atoms with Gasteiger partial charge in [-0.2, -0.15) is 0 Å². The fourth-order valence-corrected chi connectivity index (χ4v) is 5.21. The maximum atomic E-state index is 12.3. The molecule has 38 heavy (non-hydrogen) atoms. The summed E-state index contributed by atoms with van der Waals surface area (Å²) in [5.41, 5.74) is 8.82. The number of pyridine rings is 1. The Morgan fingerprint density at radius 2 is 1.66 bits per heavy atom. The molecule has 7 nitrogen and oxygen atoms in total. The number of aromatic nitrogens is 3. The molecule has 3 aromatic rings. The maximum absolute atomic E-state index is 12.3. The number of para-hydroxylation sites is 1. The van der Waals surface area contributed by atoms with Crippen molar-refractivity contribution in [3.63, 3.8) is 0 Å². The summed E-state index contributed by atoms with van der Waals surface area (Å²) in [5, 5.41) is 4.15. The maximum Gasteiger partial charge on any atom is 0.219 e. The molecule has 0 spiro atoms. The summed E-state index contributed by atoms with van der Waals surface area (Å²) in [4.78, 5) is 21.4. The molecule has 0 saturated heterocycles. The lowest BCUT2D eigenvalue weighted by atomic mass is 10.1. The number of hydrogen-bond acceptors (Lipinski definition) is 5. The minimum absolute atomic E-state index is 0.105. The third-order valence-electron chi connectivity index (χ3n) is 7.39. The monoisotopic (exact) mass is 523 g/mol. The number of rotatable bonds is 20. The van der Waals surface area contributed by atoms with E-state index in [2.05, 4.69) is 32.8 Å². The number of fused-ring (bicyclic) bond motifs is 3. The van der Waals surface area contributed by atoms with Crippen molar-refractivity contribution in [2.75, 3.05) is 25.5 Å². The Kier molecular flexibility index (Phi) is 13.4. The highest BCUT2D eigenvalue weighted by atomic mass is 16.5. The molecule has 3 rings (SSSR count). The van der Waals surface area contributed by atoms with E-state index in [1.807, 2.05) is 31.5 Å². The van der Waals surface area contributed by atoms with Crippen LogP contribution >= 0.6 is 0 Å². The van der Waals surface area contributed by atoms with Crippen LogP contribution in [0.25, 0.3) is 21.9 Å². The van der Waals surface area contributed by atoms with Gasteiger partial charge in [0.1, 0.15) is 5.52 Å². The number of anilines is 1. The molecule has 0 radical (unpaired) electrons. The van der Waals surface area contributed by atoms with Crippen molar-refractivity contribution in [2.45, 2.75) is 110 Å². The van der Waals surface area contributed by atoms with Crippen molar-refractivity contribution in [2.24, 2.45) is 0 Å². The zero-order valence-electron chi connectivity index (χ0n) is 23.7. The molecule has 1 atom stereocenters. The van der Waals surface area contributed by atoms with Gasteiger partial charge in [-0.15, -0.1) is 0 Å². The first kappa shape index (κ1) is 29.9. The number of imidazole rings is 1. The molecule has 0 aliphatic rings. The molecular weight excluding hydrogens is 474 g/mol. The summed E-state index contributed by atoms with van der Waals surface area (Å²) in [6, 6.07) is 8.13. The fraction of sp³-hybridized carbons (Fsp3) is 0.645. The second kappa shape index (κ2) is 17.0.